The number of benzene rings is 2. The van der Waals surface area contributed by atoms with Crippen LogP contribution in [0, 0.1) is 12.7 Å². The Kier molecular flexibility index (Phi) is 6.48. The normalized spacial score (nSPS) is 16.9. The van der Waals surface area contributed by atoms with Crippen molar-refractivity contribution in [3.63, 3.8) is 0 Å². The molecule has 0 bridgehead atoms. The van der Waals surface area contributed by atoms with E-state index in [0.29, 0.717) is 25.8 Å². The van der Waals surface area contributed by atoms with Gasteiger partial charge in [-0.05, 0) is 67.6 Å². The minimum Gasteiger partial charge on any atom is -0.298 e. The number of sulfonamides is 1. The van der Waals surface area contributed by atoms with Crippen molar-refractivity contribution >= 4 is 15.8 Å². The Morgan fingerprint density at radius 1 is 1.09 bits per heavy atom. The zero-order valence-corrected chi connectivity index (χ0v) is 18.7. The van der Waals surface area contributed by atoms with E-state index in [1.54, 1.807) is 0 Å². The predicted molar refractivity (Wildman–Crippen MR) is 121 cm³/mol. The third kappa shape index (κ3) is 4.79. The Balaban J connectivity index is 1.45. The first-order chi connectivity index (χ1) is 15.3. The fourth-order valence-corrected chi connectivity index (χ4v) is 5.75. The summed E-state index contributed by atoms with van der Waals surface area (Å²) in [4.78, 5) is 17.3. The van der Waals surface area contributed by atoms with Gasteiger partial charge in [-0.1, -0.05) is 30.3 Å². The molecule has 2 heterocycles. The van der Waals surface area contributed by atoms with Crippen LogP contribution >= 0.6 is 0 Å². The number of carbonyl (C=O) groups excluding carboxylic acids is 1. The van der Waals surface area contributed by atoms with Crippen LogP contribution in [0.3, 0.4) is 0 Å². The maximum absolute atomic E-state index is 13.2. The van der Waals surface area contributed by atoms with E-state index in [4.69, 9.17) is 0 Å². The van der Waals surface area contributed by atoms with Crippen LogP contribution in [0.25, 0.3) is 11.1 Å². The van der Waals surface area contributed by atoms with Crippen molar-refractivity contribution in [2.24, 2.45) is 0 Å². The second-order valence-electron chi connectivity index (χ2n) is 8.08. The average molecular weight is 453 g/mol. The van der Waals surface area contributed by atoms with Crippen LogP contribution in [0.1, 0.15) is 30.5 Å². The number of hydrogen-bond acceptors (Lipinski definition) is 4. The number of carbonyl (C=O) groups is 1. The van der Waals surface area contributed by atoms with Crippen LogP contribution < -0.4 is 0 Å². The van der Waals surface area contributed by atoms with E-state index in [1.165, 1.54) is 16.4 Å². The van der Waals surface area contributed by atoms with E-state index in [0.717, 1.165) is 34.5 Å². The van der Waals surface area contributed by atoms with Crippen LogP contribution in [-0.2, 0) is 21.2 Å². The van der Waals surface area contributed by atoms with Gasteiger partial charge in [-0.2, -0.15) is 4.31 Å². The maximum Gasteiger partial charge on any atom is 0.243 e. The highest BCUT2D eigenvalue weighted by Gasteiger charge is 2.38. The highest BCUT2D eigenvalue weighted by atomic mass is 32.2. The average Bonchev–Trinajstić information content (AvgIpc) is 3.30. The molecule has 1 aliphatic heterocycles. The lowest BCUT2D eigenvalue weighted by Crippen LogP contribution is -2.40. The minimum atomic E-state index is -3.84. The van der Waals surface area contributed by atoms with E-state index in [-0.39, 0.29) is 17.1 Å². The molecule has 0 amide bonds. The molecule has 0 unspecified atom stereocenters. The molecule has 0 N–H and O–H groups in total. The van der Waals surface area contributed by atoms with Gasteiger partial charge in [-0.3, -0.25) is 9.78 Å². The summed E-state index contributed by atoms with van der Waals surface area (Å²) in [6, 6.07) is 16.0. The van der Waals surface area contributed by atoms with E-state index >= 15 is 0 Å². The Morgan fingerprint density at radius 2 is 1.88 bits per heavy atom. The molecule has 5 nitrogen and oxygen atoms in total. The summed E-state index contributed by atoms with van der Waals surface area (Å²) in [5.41, 5.74) is 4.01. The molecule has 7 heteroatoms. The monoisotopic (exact) mass is 452 g/mol. The first-order valence-corrected chi connectivity index (χ1v) is 12.1. The van der Waals surface area contributed by atoms with Gasteiger partial charge in [0, 0.05) is 30.4 Å². The third-order valence-corrected chi connectivity index (χ3v) is 7.75. The fraction of sp³-hybridized carbons (Fsp3) is 0.280. The molecule has 0 radical (unpaired) electrons. The van der Waals surface area contributed by atoms with Gasteiger partial charge in [0.1, 0.15) is 5.82 Å². The quantitative estimate of drug-likeness (QED) is 0.527. The summed E-state index contributed by atoms with van der Waals surface area (Å²) in [5.74, 6) is -0.586. The Bertz CT molecular complexity index is 1210. The summed E-state index contributed by atoms with van der Waals surface area (Å²) in [6.45, 7) is 2.24. The van der Waals surface area contributed by atoms with Crippen molar-refractivity contribution in [3.8, 4) is 11.1 Å². The smallest absolute Gasteiger partial charge is 0.243 e. The molecule has 166 valence electrons. The van der Waals surface area contributed by atoms with Crippen molar-refractivity contribution in [1.29, 1.82) is 0 Å². The molecule has 0 spiro atoms. The van der Waals surface area contributed by atoms with Crippen LogP contribution in [0.15, 0.2) is 71.8 Å². The van der Waals surface area contributed by atoms with Gasteiger partial charge >= 0.3 is 0 Å². The second kappa shape index (κ2) is 9.30. The van der Waals surface area contributed by atoms with Crippen LogP contribution in [0.5, 0.6) is 0 Å². The van der Waals surface area contributed by atoms with Crippen LogP contribution in [0.4, 0.5) is 4.39 Å². The number of aryl methyl sites for hydroxylation is 2. The molecule has 1 aliphatic rings. The molecule has 4 rings (SSSR count). The molecule has 1 fully saturated rings. The summed E-state index contributed by atoms with van der Waals surface area (Å²) >= 11 is 0. The maximum atomic E-state index is 13.2. The molecule has 32 heavy (non-hydrogen) atoms. The van der Waals surface area contributed by atoms with Gasteiger partial charge in [-0.15, -0.1) is 0 Å². The summed E-state index contributed by atoms with van der Waals surface area (Å²) in [7, 11) is -3.84. The number of hydrogen-bond donors (Lipinski definition) is 0. The largest absolute Gasteiger partial charge is 0.298 e. The molecule has 3 aromatic rings. The van der Waals surface area contributed by atoms with Crippen molar-refractivity contribution in [2.45, 2.75) is 43.5 Å². The molecule has 2 aromatic carbocycles. The molecule has 0 saturated carbocycles. The first kappa shape index (κ1) is 22.3. The Morgan fingerprint density at radius 3 is 2.59 bits per heavy atom. The number of pyridine rings is 1. The Hall–Kier alpha value is -2.90. The molecular formula is C25H25FN2O3S. The van der Waals surface area contributed by atoms with Crippen molar-refractivity contribution in [1.82, 2.24) is 9.29 Å². The first-order valence-electron chi connectivity index (χ1n) is 10.7. The topological polar surface area (TPSA) is 67.3 Å². The zero-order valence-electron chi connectivity index (χ0n) is 17.9. The summed E-state index contributed by atoms with van der Waals surface area (Å²) in [6.07, 6.45) is 3.76. The van der Waals surface area contributed by atoms with Crippen molar-refractivity contribution in [2.75, 3.05) is 6.54 Å². The second-order valence-corrected chi connectivity index (χ2v) is 9.97. The number of ketones is 1. The standard InChI is InChI=1S/C25H25FN2O3S/c1-18-7-9-21(17-27-18)20-5-2-4-19(16-20)8-14-25(29)24-6-3-15-28(24)32(30,31)23-12-10-22(26)11-13-23/h2,4-5,7,9-13,16-17,24H,3,6,8,14-15H2,1H3/t24-/m0/s1. The number of Topliss-reactive ketones (excluding diaryl/α,β-unsaturated/α-hetero) is 1. The van der Waals surface area contributed by atoms with E-state index in [2.05, 4.69) is 4.98 Å². The zero-order chi connectivity index (χ0) is 22.7. The van der Waals surface area contributed by atoms with E-state index in [1.807, 2.05) is 49.5 Å². The van der Waals surface area contributed by atoms with E-state index < -0.39 is 21.9 Å². The summed E-state index contributed by atoms with van der Waals surface area (Å²) in [5, 5.41) is 0. The summed E-state index contributed by atoms with van der Waals surface area (Å²) < 4.78 is 40.5. The fourth-order valence-electron chi connectivity index (χ4n) is 4.07. The van der Waals surface area contributed by atoms with Gasteiger partial charge in [0.25, 0.3) is 0 Å². The molecular weight excluding hydrogens is 427 g/mol. The lowest BCUT2D eigenvalue weighted by Gasteiger charge is -2.23. The number of aromatic nitrogens is 1. The SMILES string of the molecule is Cc1ccc(-c2cccc(CCC(=O)[C@@H]3CCCN3S(=O)(=O)c3ccc(F)cc3)c2)cn1. The third-order valence-electron chi connectivity index (χ3n) is 5.83. The highest BCUT2D eigenvalue weighted by Crippen LogP contribution is 2.28. The lowest BCUT2D eigenvalue weighted by atomic mass is 9.99. The van der Waals surface area contributed by atoms with Crippen LogP contribution in [0.2, 0.25) is 0 Å². The Labute approximate surface area is 188 Å². The van der Waals surface area contributed by atoms with Crippen molar-refractivity contribution in [3.05, 3.63) is 83.9 Å². The van der Waals surface area contributed by atoms with Gasteiger partial charge in [0.2, 0.25) is 10.0 Å². The van der Waals surface area contributed by atoms with Gasteiger partial charge < -0.3 is 0 Å². The molecule has 1 saturated heterocycles. The van der Waals surface area contributed by atoms with Gasteiger partial charge in [0.15, 0.2) is 5.78 Å². The molecule has 1 atom stereocenters. The number of halogens is 1. The number of nitrogens with zero attached hydrogens (tertiary/aromatic N) is 2. The van der Waals surface area contributed by atoms with Gasteiger partial charge in [0.05, 0.1) is 10.9 Å². The van der Waals surface area contributed by atoms with Gasteiger partial charge in [-0.25, -0.2) is 12.8 Å². The lowest BCUT2D eigenvalue weighted by molar-refractivity contribution is -0.122. The van der Waals surface area contributed by atoms with Crippen LogP contribution in [-0.4, -0.2) is 36.1 Å². The molecule has 0 aliphatic carbocycles. The molecule has 1 aromatic heterocycles. The predicted octanol–water partition coefficient (Wildman–Crippen LogP) is 4.55. The van der Waals surface area contributed by atoms with E-state index in [9.17, 15) is 17.6 Å². The highest BCUT2D eigenvalue weighted by molar-refractivity contribution is 7.89. The number of rotatable bonds is 7. The van der Waals surface area contributed by atoms with Crippen molar-refractivity contribution < 1.29 is 17.6 Å². The minimum absolute atomic E-state index is 0.0120.